The average molecular weight is 259 g/mol. The number of anilines is 1. The standard InChI is InChI=1S/C13H13N3O3/c1-9-4-3-5-12(13(9)16(17)18)19-11-6-10(14-2)7-15-8-11/h3-8,14H,1-2H3. The minimum Gasteiger partial charge on any atom is -0.448 e. The Balaban J connectivity index is 2.38. The maximum atomic E-state index is 11.1. The van der Waals surface area contributed by atoms with Crippen molar-refractivity contribution < 1.29 is 9.66 Å². The number of ether oxygens (including phenoxy) is 1. The lowest BCUT2D eigenvalue weighted by molar-refractivity contribution is -0.386. The van der Waals surface area contributed by atoms with Gasteiger partial charge in [-0.1, -0.05) is 12.1 Å². The Labute approximate surface area is 110 Å². The molecular formula is C13H13N3O3. The van der Waals surface area contributed by atoms with Crippen LogP contribution in [-0.2, 0) is 0 Å². The van der Waals surface area contributed by atoms with Crippen LogP contribution in [0.4, 0.5) is 11.4 Å². The predicted octanol–water partition coefficient (Wildman–Crippen LogP) is 3.13. The molecule has 0 atom stereocenters. The monoisotopic (exact) mass is 259 g/mol. The van der Waals surface area contributed by atoms with Crippen LogP contribution in [0.1, 0.15) is 5.56 Å². The quantitative estimate of drug-likeness (QED) is 0.674. The number of nitrogens with zero attached hydrogens (tertiary/aromatic N) is 2. The maximum absolute atomic E-state index is 11.1. The smallest absolute Gasteiger partial charge is 0.314 e. The summed E-state index contributed by atoms with van der Waals surface area (Å²) in [4.78, 5) is 14.6. The third-order valence-corrected chi connectivity index (χ3v) is 2.61. The second kappa shape index (κ2) is 5.34. The van der Waals surface area contributed by atoms with E-state index in [-0.39, 0.29) is 11.4 Å². The average Bonchev–Trinajstić information content (AvgIpc) is 2.38. The van der Waals surface area contributed by atoms with Crippen molar-refractivity contribution >= 4 is 11.4 Å². The third-order valence-electron chi connectivity index (χ3n) is 2.61. The van der Waals surface area contributed by atoms with Gasteiger partial charge < -0.3 is 10.1 Å². The first kappa shape index (κ1) is 12.8. The van der Waals surface area contributed by atoms with Gasteiger partial charge in [0.05, 0.1) is 23.0 Å². The van der Waals surface area contributed by atoms with Gasteiger partial charge in [-0.25, -0.2) is 0 Å². The Morgan fingerprint density at radius 3 is 2.84 bits per heavy atom. The Bertz CT molecular complexity index is 614. The van der Waals surface area contributed by atoms with Crippen LogP contribution in [0.15, 0.2) is 36.7 Å². The summed E-state index contributed by atoms with van der Waals surface area (Å²) in [6, 6.07) is 6.68. The summed E-state index contributed by atoms with van der Waals surface area (Å²) in [5.74, 6) is 0.653. The molecule has 0 aliphatic carbocycles. The number of aryl methyl sites for hydroxylation is 1. The van der Waals surface area contributed by atoms with E-state index < -0.39 is 4.92 Å². The molecule has 2 aromatic rings. The van der Waals surface area contributed by atoms with Crippen LogP contribution >= 0.6 is 0 Å². The van der Waals surface area contributed by atoms with Crippen LogP contribution in [0.25, 0.3) is 0 Å². The summed E-state index contributed by atoms with van der Waals surface area (Å²) in [5, 5.41) is 14.0. The second-order valence-electron chi connectivity index (χ2n) is 3.94. The van der Waals surface area contributed by atoms with Gasteiger partial charge in [-0.05, 0) is 13.0 Å². The van der Waals surface area contributed by atoms with Crippen LogP contribution in [0.5, 0.6) is 11.5 Å². The van der Waals surface area contributed by atoms with Crippen LogP contribution in [-0.4, -0.2) is 17.0 Å². The molecule has 19 heavy (non-hydrogen) atoms. The van der Waals surface area contributed by atoms with Gasteiger partial charge in [0.15, 0.2) is 0 Å². The minimum atomic E-state index is -0.444. The molecule has 0 fully saturated rings. The molecule has 0 spiro atoms. The summed E-state index contributed by atoms with van der Waals surface area (Å²) < 4.78 is 5.55. The zero-order valence-corrected chi connectivity index (χ0v) is 10.6. The molecule has 6 heteroatoms. The van der Waals surface area contributed by atoms with E-state index in [0.717, 1.165) is 5.69 Å². The highest BCUT2D eigenvalue weighted by Crippen LogP contribution is 2.34. The first-order chi connectivity index (χ1) is 9.11. The first-order valence-electron chi connectivity index (χ1n) is 5.66. The van der Waals surface area contributed by atoms with Crippen molar-refractivity contribution in [3.63, 3.8) is 0 Å². The fourth-order valence-corrected chi connectivity index (χ4v) is 1.69. The van der Waals surface area contributed by atoms with Crippen LogP contribution in [0.3, 0.4) is 0 Å². The summed E-state index contributed by atoms with van der Waals surface area (Å²) in [6.07, 6.45) is 3.14. The number of nitrogens with one attached hydrogen (secondary N) is 1. The van der Waals surface area contributed by atoms with E-state index in [9.17, 15) is 10.1 Å². The SMILES string of the molecule is CNc1cncc(Oc2cccc(C)c2[N+](=O)[O-])c1. The fourth-order valence-electron chi connectivity index (χ4n) is 1.69. The van der Waals surface area contributed by atoms with Crippen molar-refractivity contribution in [2.45, 2.75) is 6.92 Å². The molecular weight excluding hydrogens is 246 g/mol. The van der Waals surface area contributed by atoms with Gasteiger partial charge in [-0.15, -0.1) is 0 Å². The van der Waals surface area contributed by atoms with Crippen LogP contribution in [0.2, 0.25) is 0 Å². The summed E-state index contributed by atoms with van der Waals surface area (Å²) in [7, 11) is 1.76. The van der Waals surface area contributed by atoms with Crippen LogP contribution in [0, 0.1) is 17.0 Å². The topological polar surface area (TPSA) is 77.3 Å². The molecule has 2 rings (SSSR count). The van der Waals surface area contributed by atoms with Crippen molar-refractivity contribution in [3.05, 3.63) is 52.3 Å². The molecule has 0 saturated heterocycles. The Kier molecular flexibility index (Phi) is 3.61. The van der Waals surface area contributed by atoms with Gasteiger partial charge in [-0.3, -0.25) is 15.1 Å². The molecule has 0 amide bonds. The molecule has 0 saturated carbocycles. The maximum Gasteiger partial charge on any atom is 0.314 e. The van der Waals surface area contributed by atoms with Gasteiger partial charge in [0.1, 0.15) is 5.75 Å². The highest BCUT2D eigenvalue weighted by Gasteiger charge is 2.18. The highest BCUT2D eigenvalue weighted by molar-refractivity contribution is 5.54. The molecule has 0 unspecified atom stereocenters. The van der Waals surface area contributed by atoms with E-state index in [1.807, 2.05) is 0 Å². The van der Waals surface area contributed by atoms with Gasteiger partial charge in [0, 0.05) is 18.7 Å². The fraction of sp³-hybridized carbons (Fsp3) is 0.154. The zero-order valence-electron chi connectivity index (χ0n) is 10.6. The summed E-state index contributed by atoms with van der Waals surface area (Å²) in [5.41, 5.74) is 1.30. The number of nitro benzene ring substituents is 1. The minimum absolute atomic E-state index is 0.0302. The zero-order chi connectivity index (χ0) is 13.8. The molecule has 1 N–H and O–H groups in total. The molecule has 1 aromatic heterocycles. The normalized spacial score (nSPS) is 10.0. The Morgan fingerprint density at radius 1 is 1.37 bits per heavy atom. The number of pyridine rings is 1. The molecule has 0 aliphatic rings. The van der Waals surface area contributed by atoms with Gasteiger partial charge >= 0.3 is 5.69 Å². The largest absolute Gasteiger partial charge is 0.448 e. The number of hydrogen-bond acceptors (Lipinski definition) is 5. The molecule has 6 nitrogen and oxygen atoms in total. The Hall–Kier alpha value is -2.63. The lowest BCUT2D eigenvalue weighted by Crippen LogP contribution is -1.97. The Morgan fingerprint density at radius 2 is 2.16 bits per heavy atom. The molecule has 0 bridgehead atoms. The second-order valence-corrected chi connectivity index (χ2v) is 3.94. The van der Waals surface area contributed by atoms with Crippen molar-refractivity contribution in [1.82, 2.24) is 4.98 Å². The number of rotatable bonds is 4. The summed E-state index contributed by atoms with van der Waals surface area (Å²) >= 11 is 0. The van der Waals surface area contributed by atoms with E-state index in [1.54, 1.807) is 44.4 Å². The van der Waals surface area contributed by atoms with E-state index >= 15 is 0 Å². The van der Waals surface area contributed by atoms with Gasteiger partial charge in [0.2, 0.25) is 5.75 Å². The highest BCUT2D eigenvalue weighted by atomic mass is 16.6. The van der Waals surface area contributed by atoms with E-state index in [0.29, 0.717) is 11.3 Å². The number of para-hydroxylation sites is 1. The molecule has 1 heterocycles. The number of aromatic nitrogens is 1. The van der Waals surface area contributed by atoms with Crippen molar-refractivity contribution in [2.24, 2.45) is 0 Å². The molecule has 1 aromatic carbocycles. The van der Waals surface area contributed by atoms with Crippen LogP contribution < -0.4 is 10.1 Å². The van der Waals surface area contributed by atoms with E-state index in [2.05, 4.69) is 10.3 Å². The predicted molar refractivity (Wildman–Crippen MR) is 71.7 cm³/mol. The number of hydrogen-bond donors (Lipinski definition) is 1. The van der Waals surface area contributed by atoms with Gasteiger partial charge in [0.25, 0.3) is 0 Å². The number of benzene rings is 1. The van der Waals surface area contributed by atoms with E-state index in [4.69, 9.17) is 4.74 Å². The molecule has 0 radical (unpaired) electrons. The van der Waals surface area contributed by atoms with E-state index in [1.165, 1.54) is 6.20 Å². The van der Waals surface area contributed by atoms with Crippen molar-refractivity contribution in [1.29, 1.82) is 0 Å². The van der Waals surface area contributed by atoms with Crippen molar-refractivity contribution in [2.75, 3.05) is 12.4 Å². The summed E-state index contributed by atoms with van der Waals surface area (Å²) in [6.45, 7) is 1.67. The molecule has 0 aliphatic heterocycles. The number of nitro groups is 1. The molecule has 98 valence electrons. The first-order valence-corrected chi connectivity index (χ1v) is 5.66. The third kappa shape index (κ3) is 2.79. The van der Waals surface area contributed by atoms with Gasteiger partial charge in [-0.2, -0.15) is 0 Å². The lowest BCUT2D eigenvalue weighted by atomic mass is 10.2. The lowest BCUT2D eigenvalue weighted by Gasteiger charge is -2.08. The van der Waals surface area contributed by atoms with Crippen molar-refractivity contribution in [3.8, 4) is 11.5 Å².